The molecule has 1 aliphatic rings. The number of aryl methyl sites for hydroxylation is 2. The van der Waals surface area contributed by atoms with Crippen LogP contribution in [0.3, 0.4) is 0 Å². The number of pyridine rings is 1. The summed E-state index contributed by atoms with van der Waals surface area (Å²) in [5, 5.41) is 4.24. The second kappa shape index (κ2) is 6.94. The molecule has 0 radical (unpaired) electrons. The van der Waals surface area contributed by atoms with Crippen molar-refractivity contribution in [1.82, 2.24) is 19.5 Å². The smallest absolute Gasteiger partial charge is 0.219 e. The first kappa shape index (κ1) is 18.3. The minimum absolute atomic E-state index is 0.175. The van der Waals surface area contributed by atoms with Gasteiger partial charge in [-0.1, -0.05) is 12.1 Å². The average Bonchev–Trinajstić information content (AvgIpc) is 2.95. The molecule has 0 spiro atoms. The number of nitrogens with zero attached hydrogens (tertiary/aromatic N) is 4. The highest BCUT2D eigenvalue weighted by atomic mass is 127. The molecule has 3 aromatic heterocycles. The van der Waals surface area contributed by atoms with E-state index >= 15 is 4.39 Å². The van der Waals surface area contributed by atoms with Gasteiger partial charge in [-0.15, -0.1) is 0 Å². The van der Waals surface area contributed by atoms with Crippen molar-refractivity contribution in [3.8, 4) is 22.8 Å². The second-order valence-corrected chi connectivity index (χ2v) is 7.97. The molecule has 0 aliphatic carbocycles. The summed E-state index contributed by atoms with van der Waals surface area (Å²) in [7, 11) is 1.96. The Morgan fingerprint density at radius 3 is 2.90 bits per heavy atom. The fourth-order valence-corrected chi connectivity index (χ4v) is 4.54. The van der Waals surface area contributed by atoms with Gasteiger partial charge in [0.25, 0.3) is 0 Å². The lowest BCUT2D eigenvalue weighted by Gasteiger charge is -2.18. The van der Waals surface area contributed by atoms with Crippen LogP contribution in [0.1, 0.15) is 11.3 Å². The Morgan fingerprint density at radius 2 is 2.07 bits per heavy atom. The number of nitrogens with one attached hydrogen (secondary N) is 1. The number of benzene rings is 1. The van der Waals surface area contributed by atoms with Gasteiger partial charge in [-0.3, -0.25) is 0 Å². The topological polar surface area (TPSA) is 64.9 Å². The van der Waals surface area contributed by atoms with Crippen molar-refractivity contribution in [3.63, 3.8) is 0 Å². The summed E-state index contributed by atoms with van der Waals surface area (Å²) < 4.78 is 24.3. The van der Waals surface area contributed by atoms with E-state index in [0.717, 1.165) is 37.4 Å². The quantitative estimate of drug-likeness (QED) is 0.399. The van der Waals surface area contributed by atoms with Gasteiger partial charge in [0.05, 0.1) is 9.09 Å². The van der Waals surface area contributed by atoms with E-state index in [0.29, 0.717) is 24.4 Å². The zero-order valence-electron chi connectivity index (χ0n) is 15.8. The number of fused-ring (bicyclic) bond motifs is 2. The monoisotopic (exact) mass is 501 g/mol. The maximum atomic E-state index is 15.5. The van der Waals surface area contributed by atoms with Gasteiger partial charge in [0, 0.05) is 36.5 Å². The van der Waals surface area contributed by atoms with Crippen LogP contribution in [-0.2, 0) is 13.5 Å². The molecule has 0 bridgehead atoms. The summed E-state index contributed by atoms with van der Waals surface area (Å²) in [6.07, 6.45) is 2.06. The summed E-state index contributed by atoms with van der Waals surface area (Å²) in [6, 6.07) is 9.03. The van der Waals surface area contributed by atoms with Crippen LogP contribution in [0.5, 0.6) is 11.6 Å². The standard InChI is InChI=1S/C21H17FIN5O/c1-11-4-3-5-15(27-11)29-14-7-6-12-13(18(14)22)8-9-24-20-17-16(12)19(23)28(2)21(17)26-10-25-20/h3-7,10H,8-9H2,1-2H3,(H,24,25,26). The summed E-state index contributed by atoms with van der Waals surface area (Å²) in [6.45, 7) is 2.44. The minimum Gasteiger partial charge on any atom is -0.436 e. The van der Waals surface area contributed by atoms with E-state index in [9.17, 15) is 0 Å². The largest absolute Gasteiger partial charge is 0.436 e. The fraction of sp³-hybridized carbons (Fsp3) is 0.190. The van der Waals surface area contributed by atoms with Crippen molar-refractivity contribution in [3.05, 3.63) is 57.4 Å². The first-order chi connectivity index (χ1) is 14.0. The minimum atomic E-state index is -0.360. The van der Waals surface area contributed by atoms with Crippen LogP contribution in [0.25, 0.3) is 22.2 Å². The van der Waals surface area contributed by atoms with Crippen molar-refractivity contribution < 1.29 is 9.13 Å². The van der Waals surface area contributed by atoms with Crippen LogP contribution in [0.4, 0.5) is 10.2 Å². The van der Waals surface area contributed by atoms with Crippen molar-refractivity contribution in [2.75, 3.05) is 11.9 Å². The van der Waals surface area contributed by atoms with Crippen molar-refractivity contribution in [1.29, 1.82) is 0 Å². The van der Waals surface area contributed by atoms with E-state index in [1.807, 2.05) is 36.7 Å². The Bertz CT molecular complexity index is 1270. The molecule has 29 heavy (non-hydrogen) atoms. The van der Waals surface area contributed by atoms with E-state index in [1.54, 1.807) is 18.5 Å². The zero-order chi connectivity index (χ0) is 20.1. The van der Waals surface area contributed by atoms with Gasteiger partial charge in [0.15, 0.2) is 11.6 Å². The zero-order valence-corrected chi connectivity index (χ0v) is 18.0. The number of anilines is 1. The molecule has 5 rings (SSSR count). The van der Waals surface area contributed by atoms with E-state index in [4.69, 9.17) is 4.74 Å². The molecule has 0 atom stereocenters. The van der Waals surface area contributed by atoms with E-state index in [2.05, 4.69) is 42.9 Å². The summed E-state index contributed by atoms with van der Waals surface area (Å²) >= 11 is 2.28. The SMILES string of the molecule is Cc1cccc(Oc2ccc3c(c2F)CCNc2ncnc4c2c-3c(I)n4C)n1. The van der Waals surface area contributed by atoms with Gasteiger partial charge in [-0.05, 0) is 53.6 Å². The molecule has 146 valence electrons. The molecule has 0 saturated heterocycles. The van der Waals surface area contributed by atoms with Crippen LogP contribution in [-0.4, -0.2) is 26.1 Å². The Morgan fingerprint density at radius 1 is 1.21 bits per heavy atom. The molecule has 1 aliphatic heterocycles. The van der Waals surface area contributed by atoms with Crippen molar-refractivity contribution in [2.45, 2.75) is 13.3 Å². The van der Waals surface area contributed by atoms with Gasteiger partial charge in [-0.25, -0.2) is 19.3 Å². The molecule has 0 fully saturated rings. The van der Waals surface area contributed by atoms with Gasteiger partial charge in [-0.2, -0.15) is 0 Å². The predicted molar refractivity (Wildman–Crippen MR) is 118 cm³/mol. The third-order valence-corrected chi connectivity index (χ3v) is 6.38. The molecule has 4 heterocycles. The fourth-order valence-electron chi connectivity index (χ4n) is 3.76. The van der Waals surface area contributed by atoms with Gasteiger partial charge in [0.1, 0.15) is 17.8 Å². The summed E-state index contributed by atoms with van der Waals surface area (Å²) in [5.74, 6) is 0.969. The number of hydrogen-bond acceptors (Lipinski definition) is 5. The number of hydrogen-bond donors (Lipinski definition) is 1. The van der Waals surface area contributed by atoms with Gasteiger partial charge < -0.3 is 14.6 Å². The molecule has 1 N–H and O–H groups in total. The van der Waals surface area contributed by atoms with Crippen molar-refractivity contribution >= 4 is 39.4 Å². The Hall–Kier alpha value is -2.75. The second-order valence-electron chi connectivity index (χ2n) is 6.95. The van der Waals surface area contributed by atoms with E-state index in [1.165, 1.54) is 0 Å². The highest BCUT2D eigenvalue weighted by Gasteiger charge is 2.26. The molecule has 6 nitrogen and oxygen atoms in total. The average molecular weight is 501 g/mol. The van der Waals surface area contributed by atoms with Crippen LogP contribution >= 0.6 is 22.6 Å². The Labute approximate surface area is 180 Å². The summed E-state index contributed by atoms with van der Waals surface area (Å²) in [5.41, 5.74) is 4.04. The number of aromatic nitrogens is 4. The molecule has 0 saturated carbocycles. The molecule has 8 heteroatoms. The van der Waals surface area contributed by atoms with Crippen LogP contribution in [0, 0.1) is 16.4 Å². The predicted octanol–water partition coefficient (Wildman–Crippen LogP) is 4.84. The molecule has 0 unspecified atom stereocenters. The molecule has 0 amide bonds. The molecular weight excluding hydrogens is 484 g/mol. The van der Waals surface area contributed by atoms with Crippen LogP contribution in [0.15, 0.2) is 36.7 Å². The van der Waals surface area contributed by atoms with E-state index < -0.39 is 0 Å². The lowest BCUT2D eigenvalue weighted by Crippen LogP contribution is -2.12. The highest BCUT2D eigenvalue weighted by molar-refractivity contribution is 14.1. The van der Waals surface area contributed by atoms with Gasteiger partial charge in [0.2, 0.25) is 5.88 Å². The lowest BCUT2D eigenvalue weighted by atomic mass is 9.95. The first-order valence-electron chi connectivity index (χ1n) is 9.20. The van der Waals surface area contributed by atoms with E-state index in [-0.39, 0.29) is 11.6 Å². The number of rotatable bonds is 2. The first-order valence-corrected chi connectivity index (χ1v) is 10.3. The number of ether oxygens (including phenoxy) is 1. The van der Waals surface area contributed by atoms with Crippen LogP contribution < -0.4 is 10.1 Å². The van der Waals surface area contributed by atoms with Gasteiger partial charge >= 0.3 is 0 Å². The van der Waals surface area contributed by atoms with Crippen molar-refractivity contribution in [2.24, 2.45) is 7.05 Å². The Balaban J connectivity index is 1.71. The Kier molecular flexibility index (Phi) is 4.38. The lowest BCUT2D eigenvalue weighted by molar-refractivity contribution is 0.424. The molecule has 4 aromatic rings. The maximum Gasteiger partial charge on any atom is 0.219 e. The molecular formula is C21H17FIN5O. The highest BCUT2D eigenvalue weighted by Crippen LogP contribution is 2.42. The maximum absolute atomic E-state index is 15.5. The van der Waals surface area contributed by atoms with Crippen LogP contribution in [0.2, 0.25) is 0 Å². The summed E-state index contributed by atoms with van der Waals surface area (Å²) in [4.78, 5) is 13.2. The third-order valence-electron chi connectivity index (χ3n) is 5.12. The molecule has 1 aromatic carbocycles. The normalized spacial score (nSPS) is 12.8. The third kappa shape index (κ3) is 2.93. The number of halogens is 2.